The molecular formula is C21H30N4O4S. The molecule has 1 aliphatic rings. The minimum atomic E-state index is -3.58. The minimum Gasteiger partial charge on any atom is -0.468 e. The van der Waals surface area contributed by atoms with E-state index in [1.165, 1.54) is 24.8 Å². The van der Waals surface area contributed by atoms with Crippen molar-refractivity contribution in [3.8, 4) is 0 Å². The lowest BCUT2D eigenvalue weighted by Gasteiger charge is -2.33. The zero-order valence-corrected chi connectivity index (χ0v) is 18.3. The summed E-state index contributed by atoms with van der Waals surface area (Å²) < 4.78 is 31.8. The van der Waals surface area contributed by atoms with E-state index in [1.807, 2.05) is 12.1 Å². The van der Waals surface area contributed by atoms with E-state index in [9.17, 15) is 13.2 Å². The average Bonchev–Trinajstić information content (AvgIpc) is 3.28. The van der Waals surface area contributed by atoms with Crippen molar-refractivity contribution in [2.75, 3.05) is 33.7 Å². The number of nitrogens with zero attached hydrogens (tertiary/aromatic N) is 2. The lowest BCUT2D eigenvalue weighted by atomic mass is 10.1. The van der Waals surface area contributed by atoms with Gasteiger partial charge in [-0.2, -0.15) is 0 Å². The number of likely N-dealkylation sites (tertiary alicyclic amines) is 1. The Labute approximate surface area is 178 Å². The van der Waals surface area contributed by atoms with Crippen molar-refractivity contribution in [3.05, 3.63) is 54.0 Å². The maximum absolute atomic E-state index is 12.5. The van der Waals surface area contributed by atoms with Gasteiger partial charge in [-0.15, -0.1) is 0 Å². The summed E-state index contributed by atoms with van der Waals surface area (Å²) in [5.41, 5.74) is 0.542. The molecule has 3 rings (SSSR count). The van der Waals surface area contributed by atoms with Gasteiger partial charge < -0.3 is 15.1 Å². The molecule has 1 aromatic heterocycles. The molecular weight excluding hydrogens is 404 g/mol. The van der Waals surface area contributed by atoms with Gasteiger partial charge in [0.15, 0.2) is 0 Å². The standard InChI is InChI=1S/C21H30N4O4S/c1-24(2)30(27,28)20-11-5-4-9-17(20)15-22-21(26)23-16-18(19-10-8-14-29-19)25-12-6-3-7-13-25/h4-5,8-11,14,18H,3,6-7,12-13,15-16H2,1-2H3,(H2,22,23,26). The van der Waals surface area contributed by atoms with E-state index in [1.54, 1.807) is 30.5 Å². The Bertz CT molecular complexity index is 922. The Hall–Kier alpha value is -2.36. The van der Waals surface area contributed by atoms with Crippen LogP contribution in [0.15, 0.2) is 52.0 Å². The molecule has 2 heterocycles. The van der Waals surface area contributed by atoms with Crippen molar-refractivity contribution in [3.63, 3.8) is 0 Å². The van der Waals surface area contributed by atoms with Crippen molar-refractivity contribution < 1.29 is 17.6 Å². The van der Waals surface area contributed by atoms with Gasteiger partial charge in [0, 0.05) is 27.2 Å². The summed E-state index contributed by atoms with van der Waals surface area (Å²) in [5, 5.41) is 5.68. The topological polar surface area (TPSA) is 94.9 Å². The van der Waals surface area contributed by atoms with Gasteiger partial charge >= 0.3 is 6.03 Å². The molecule has 2 aromatic rings. The third kappa shape index (κ3) is 5.41. The van der Waals surface area contributed by atoms with E-state index in [2.05, 4.69) is 15.5 Å². The molecule has 2 N–H and O–H groups in total. The zero-order chi connectivity index (χ0) is 21.6. The third-order valence-corrected chi connectivity index (χ3v) is 7.25. The first-order chi connectivity index (χ1) is 14.4. The molecule has 2 amide bonds. The van der Waals surface area contributed by atoms with E-state index in [0.717, 1.165) is 31.7 Å². The number of urea groups is 1. The maximum atomic E-state index is 12.5. The predicted molar refractivity (Wildman–Crippen MR) is 114 cm³/mol. The summed E-state index contributed by atoms with van der Waals surface area (Å²) in [7, 11) is -0.607. The minimum absolute atomic E-state index is 0.0209. The highest BCUT2D eigenvalue weighted by Gasteiger charge is 2.25. The van der Waals surface area contributed by atoms with E-state index in [4.69, 9.17) is 4.42 Å². The van der Waals surface area contributed by atoms with Crippen LogP contribution in [0.2, 0.25) is 0 Å². The highest BCUT2D eigenvalue weighted by Crippen LogP contribution is 2.24. The molecule has 1 aliphatic heterocycles. The van der Waals surface area contributed by atoms with Crippen molar-refractivity contribution in [2.45, 2.75) is 36.7 Å². The largest absolute Gasteiger partial charge is 0.468 e. The number of carbonyl (C=O) groups is 1. The molecule has 1 unspecified atom stereocenters. The van der Waals surface area contributed by atoms with Crippen LogP contribution in [-0.4, -0.2) is 57.4 Å². The lowest BCUT2D eigenvalue weighted by molar-refractivity contribution is 0.143. The fourth-order valence-electron chi connectivity index (χ4n) is 3.65. The first-order valence-corrected chi connectivity index (χ1v) is 11.6. The molecule has 1 saturated heterocycles. The van der Waals surface area contributed by atoms with E-state index >= 15 is 0 Å². The van der Waals surface area contributed by atoms with Gasteiger partial charge in [-0.3, -0.25) is 4.90 Å². The van der Waals surface area contributed by atoms with Gasteiger partial charge in [-0.25, -0.2) is 17.5 Å². The number of hydrogen-bond donors (Lipinski definition) is 2. The Morgan fingerprint density at radius 3 is 2.50 bits per heavy atom. The van der Waals surface area contributed by atoms with Crippen LogP contribution in [0.5, 0.6) is 0 Å². The van der Waals surface area contributed by atoms with Crippen LogP contribution in [-0.2, 0) is 16.6 Å². The van der Waals surface area contributed by atoms with Crippen molar-refractivity contribution in [2.24, 2.45) is 0 Å². The van der Waals surface area contributed by atoms with Gasteiger partial charge in [0.25, 0.3) is 0 Å². The Balaban J connectivity index is 1.61. The fourth-order valence-corrected chi connectivity index (χ4v) is 4.76. The number of amides is 2. The molecule has 0 spiro atoms. The molecule has 30 heavy (non-hydrogen) atoms. The number of hydrogen-bond acceptors (Lipinski definition) is 5. The van der Waals surface area contributed by atoms with Gasteiger partial charge in [0.05, 0.1) is 17.2 Å². The Kier molecular flexibility index (Phi) is 7.52. The highest BCUT2D eigenvalue weighted by molar-refractivity contribution is 7.89. The molecule has 1 fully saturated rings. The van der Waals surface area contributed by atoms with E-state index in [0.29, 0.717) is 12.1 Å². The van der Waals surface area contributed by atoms with Crippen LogP contribution in [0.1, 0.15) is 36.6 Å². The van der Waals surface area contributed by atoms with Gasteiger partial charge in [0.1, 0.15) is 5.76 Å². The Morgan fingerprint density at radius 1 is 1.10 bits per heavy atom. The molecule has 0 radical (unpaired) electrons. The maximum Gasteiger partial charge on any atom is 0.315 e. The normalized spacial score (nSPS) is 16.4. The number of benzene rings is 1. The first kappa shape index (κ1) is 22.3. The van der Waals surface area contributed by atoms with Crippen molar-refractivity contribution >= 4 is 16.1 Å². The van der Waals surface area contributed by atoms with Crippen LogP contribution >= 0.6 is 0 Å². The second-order valence-electron chi connectivity index (χ2n) is 7.59. The van der Waals surface area contributed by atoms with Crippen molar-refractivity contribution in [1.29, 1.82) is 0 Å². The van der Waals surface area contributed by atoms with Crippen LogP contribution < -0.4 is 10.6 Å². The number of furan rings is 1. The molecule has 164 valence electrons. The van der Waals surface area contributed by atoms with Gasteiger partial charge in [-0.1, -0.05) is 24.6 Å². The Morgan fingerprint density at radius 2 is 1.83 bits per heavy atom. The van der Waals surface area contributed by atoms with Gasteiger partial charge in [-0.05, 0) is 49.7 Å². The highest BCUT2D eigenvalue weighted by atomic mass is 32.2. The summed E-state index contributed by atoms with van der Waals surface area (Å²) in [4.78, 5) is 15.0. The molecule has 8 nitrogen and oxygen atoms in total. The quantitative estimate of drug-likeness (QED) is 0.666. The van der Waals surface area contributed by atoms with Gasteiger partial charge in [0.2, 0.25) is 10.0 Å². The molecule has 0 bridgehead atoms. The molecule has 0 aliphatic carbocycles. The van der Waals surface area contributed by atoms with Crippen LogP contribution in [0.3, 0.4) is 0 Å². The molecule has 9 heteroatoms. The van der Waals surface area contributed by atoms with Crippen LogP contribution in [0.25, 0.3) is 0 Å². The number of rotatable bonds is 8. The average molecular weight is 435 g/mol. The van der Waals surface area contributed by atoms with Crippen molar-refractivity contribution in [1.82, 2.24) is 19.8 Å². The molecule has 0 saturated carbocycles. The predicted octanol–water partition coefficient (Wildman–Crippen LogP) is 2.56. The monoisotopic (exact) mass is 434 g/mol. The summed E-state index contributed by atoms with van der Waals surface area (Å²) in [6.07, 6.45) is 5.15. The summed E-state index contributed by atoms with van der Waals surface area (Å²) >= 11 is 0. The number of carbonyl (C=O) groups excluding carboxylic acids is 1. The van der Waals surface area contributed by atoms with Crippen LogP contribution in [0, 0.1) is 0 Å². The fraction of sp³-hybridized carbons (Fsp3) is 0.476. The third-order valence-electron chi connectivity index (χ3n) is 5.33. The molecule has 1 aromatic carbocycles. The lowest BCUT2D eigenvalue weighted by Crippen LogP contribution is -2.43. The second kappa shape index (κ2) is 10.1. The van der Waals surface area contributed by atoms with Crippen LogP contribution in [0.4, 0.5) is 4.79 Å². The van der Waals surface area contributed by atoms with E-state index < -0.39 is 10.0 Å². The molecule has 1 atom stereocenters. The summed E-state index contributed by atoms with van der Waals surface area (Å²) in [5.74, 6) is 0.833. The van der Waals surface area contributed by atoms with E-state index in [-0.39, 0.29) is 23.5 Å². The first-order valence-electron chi connectivity index (χ1n) is 10.2. The SMILES string of the molecule is CN(C)S(=O)(=O)c1ccccc1CNC(=O)NCC(c1ccco1)N1CCCCC1. The number of sulfonamides is 1. The zero-order valence-electron chi connectivity index (χ0n) is 17.5. The summed E-state index contributed by atoms with van der Waals surface area (Å²) in [6, 6.07) is 10.1. The summed E-state index contributed by atoms with van der Waals surface area (Å²) in [6.45, 7) is 2.48. The number of piperidine rings is 1. The number of nitrogens with one attached hydrogen (secondary N) is 2. The second-order valence-corrected chi connectivity index (χ2v) is 9.71. The smallest absolute Gasteiger partial charge is 0.315 e.